The van der Waals surface area contributed by atoms with E-state index in [9.17, 15) is 14.4 Å². The molecule has 2 rings (SSSR count). The highest BCUT2D eigenvalue weighted by atomic mass is 32.1. The predicted octanol–water partition coefficient (Wildman–Crippen LogP) is 2.00. The number of nitrogens with one attached hydrogen (secondary N) is 1. The van der Waals surface area contributed by atoms with Gasteiger partial charge in [-0.2, -0.15) is 0 Å². The Hall–Kier alpha value is -1.89. The van der Waals surface area contributed by atoms with Gasteiger partial charge in [0.2, 0.25) is 0 Å². The van der Waals surface area contributed by atoms with Gasteiger partial charge in [-0.25, -0.2) is 9.59 Å². The first-order chi connectivity index (χ1) is 10.4. The maximum atomic E-state index is 12.4. The van der Waals surface area contributed by atoms with Crippen LogP contribution in [0.4, 0.5) is 4.79 Å². The molecule has 0 fully saturated rings. The Labute approximate surface area is 133 Å². The number of amides is 3. The molecule has 120 valence electrons. The van der Waals surface area contributed by atoms with Crippen molar-refractivity contribution in [1.82, 2.24) is 5.32 Å². The maximum absolute atomic E-state index is 12.4. The second kappa shape index (κ2) is 6.91. The van der Waals surface area contributed by atoms with Gasteiger partial charge in [0.25, 0.3) is 5.91 Å². The number of aryl methyl sites for hydroxylation is 1. The molecule has 1 aromatic heterocycles. The molecule has 22 heavy (non-hydrogen) atoms. The average molecular weight is 324 g/mol. The van der Waals surface area contributed by atoms with Crippen LogP contribution in [0.1, 0.15) is 47.5 Å². The largest absolute Gasteiger partial charge is 0.448 e. The molecule has 0 saturated carbocycles. The van der Waals surface area contributed by atoms with E-state index in [0.717, 1.165) is 31.2 Å². The molecule has 0 aromatic carbocycles. The van der Waals surface area contributed by atoms with Gasteiger partial charge in [0, 0.05) is 10.3 Å². The van der Waals surface area contributed by atoms with E-state index in [-0.39, 0.29) is 5.92 Å². The Kier molecular flexibility index (Phi) is 5.18. The summed E-state index contributed by atoms with van der Waals surface area (Å²) in [6.07, 6.45) is 3.00. The summed E-state index contributed by atoms with van der Waals surface area (Å²) in [5.74, 6) is -1.48. The second-order valence-electron chi connectivity index (χ2n) is 5.68. The Morgan fingerprint density at radius 2 is 1.95 bits per heavy atom. The van der Waals surface area contributed by atoms with Crippen molar-refractivity contribution in [2.24, 2.45) is 11.7 Å². The number of hydrogen-bond donors (Lipinski definition) is 2. The first-order valence-electron chi connectivity index (χ1n) is 7.30. The molecular formula is C15H20N2O4S. The summed E-state index contributed by atoms with van der Waals surface area (Å²) < 4.78 is 5.33. The van der Waals surface area contributed by atoms with Gasteiger partial charge in [0.15, 0.2) is 6.10 Å². The van der Waals surface area contributed by atoms with E-state index in [4.69, 9.17) is 10.5 Å². The standard InChI is InChI=1S/C15H20N2O4S/c1-8(2)12(13(18)17-15(16)20)21-14(19)10-7-22-11-6-4-3-5-9(10)11/h7-8,12H,3-6H2,1-2H3,(H3,16,17,18,20)/t12-/m0/s1. The smallest absolute Gasteiger partial charge is 0.340 e. The number of fused-ring (bicyclic) bond motifs is 1. The van der Waals surface area contributed by atoms with Gasteiger partial charge in [0.1, 0.15) is 0 Å². The molecule has 1 atom stereocenters. The van der Waals surface area contributed by atoms with Crippen LogP contribution in [0.25, 0.3) is 0 Å². The Morgan fingerprint density at radius 1 is 1.27 bits per heavy atom. The number of urea groups is 1. The van der Waals surface area contributed by atoms with Crippen LogP contribution in [-0.4, -0.2) is 24.0 Å². The SMILES string of the molecule is CC(C)[C@H](OC(=O)c1csc2c1CCCC2)C(=O)NC(N)=O. The third kappa shape index (κ3) is 3.65. The van der Waals surface area contributed by atoms with E-state index < -0.39 is 24.0 Å². The van der Waals surface area contributed by atoms with Gasteiger partial charge >= 0.3 is 12.0 Å². The first kappa shape index (κ1) is 16.5. The van der Waals surface area contributed by atoms with Crippen LogP contribution in [0.15, 0.2) is 5.38 Å². The minimum absolute atomic E-state index is 0.266. The summed E-state index contributed by atoms with van der Waals surface area (Å²) in [5.41, 5.74) is 6.52. The van der Waals surface area contributed by atoms with Crippen LogP contribution in [0.2, 0.25) is 0 Å². The van der Waals surface area contributed by atoms with Gasteiger partial charge in [-0.1, -0.05) is 13.8 Å². The summed E-state index contributed by atoms with van der Waals surface area (Å²) in [7, 11) is 0. The molecule has 0 spiro atoms. The van der Waals surface area contributed by atoms with Crippen molar-refractivity contribution in [3.05, 3.63) is 21.4 Å². The van der Waals surface area contributed by atoms with E-state index in [1.165, 1.54) is 4.88 Å². The molecular weight excluding hydrogens is 304 g/mol. The van der Waals surface area contributed by atoms with Gasteiger partial charge in [-0.05, 0) is 37.2 Å². The summed E-state index contributed by atoms with van der Waals surface area (Å²) in [6.45, 7) is 3.48. The summed E-state index contributed by atoms with van der Waals surface area (Å²) >= 11 is 1.56. The number of thiophene rings is 1. The first-order valence-corrected chi connectivity index (χ1v) is 8.18. The van der Waals surface area contributed by atoms with Crippen LogP contribution in [-0.2, 0) is 22.4 Å². The van der Waals surface area contributed by atoms with E-state index in [2.05, 4.69) is 0 Å². The molecule has 0 unspecified atom stereocenters. The molecule has 3 N–H and O–H groups in total. The summed E-state index contributed by atoms with van der Waals surface area (Å²) in [6, 6.07) is -0.959. The Morgan fingerprint density at radius 3 is 2.59 bits per heavy atom. The number of carbonyl (C=O) groups excluding carboxylic acids is 3. The molecule has 1 heterocycles. The van der Waals surface area contributed by atoms with Gasteiger partial charge in [-0.15, -0.1) is 11.3 Å². The zero-order valence-corrected chi connectivity index (χ0v) is 13.5. The minimum atomic E-state index is -1.04. The van der Waals surface area contributed by atoms with Gasteiger partial charge in [-0.3, -0.25) is 10.1 Å². The highest BCUT2D eigenvalue weighted by Gasteiger charge is 2.30. The number of imide groups is 1. The van der Waals surface area contributed by atoms with Crippen LogP contribution < -0.4 is 11.1 Å². The topological polar surface area (TPSA) is 98.5 Å². The minimum Gasteiger partial charge on any atom is -0.448 e. The molecule has 1 aliphatic rings. The van der Waals surface area contributed by atoms with Crippen LogP contribution >= 0.6 is 11.3 Å². The molecule has 1 aromatic rings. The van der Waals surface area contributed by atoms with Crippen molar-refractivity contribution < 1.29 is 19.1 Å². The molecule has 1 aliphatic carbocycles. The fourth-order valence-corrected chi connectivity index (χ4v) is 3.64. The lowest BCUT2D eigenvalue weighted by molar-refractivity contribution is -0.130. The zero-order chi connectivity index (χ0) is 16.3. The van der Waals surface area contributed by atoms with E-state index in [1.54, 1.807) is 30.6 Å². The number of hydrogen-bond acceptors (Lipinski definition) is 5. The molecule has 0 aliphatic heterocycles. The highest BCUT2D eigenvalue weighted by molar-refractivity contribution is 7.10. The van der Waals surface area contributed by atoms with Crippen molar-refractivity contribution in [1.29, 1.82) is 0 Å². The predicted molar refractivity (Wildman–Crippen MR) is 82.7 cm³/mol. The molecule has 3 amide bonds. The molecule has 0 radical (unpaired) electrons. The monoisotopic (exact) mass is 324 g/mol. The van der Waals surface area contributed by atoms with E-state index in [1.807, 2.05) is 5.32 Å². The number of nitrogens with two attached hydrogens (primary N) is 1. The van der Waals surface area contributed by atoms with E-state index in [0.29, 0.717) is 5.56 Å². The third-order valence-corrected chi connectivity index (χ3v) is 4.71. The highest BCUT2D eigenvalue weighted by Crippen LogP contribution is 2.31. The quantitative estimate of drug-likeness (QED) is 0.828. The van der Waals surface area contributed by atoms with Crippen molar-refractivity contribution in [2.75, 3.05) is 0 Å². The fraction of sp³-hybridized carbons (Fsp3) is 0.533. The number of ether oxygens (including phenoxy) is 1. The van der Waals surface area contributed by atoms with Crippen molar-refractivity contribution in [3.63, 3.8) is 0 Å². The number of primary amides is 1. The Balaban J connectivity index is 2.13. The number of carbonyl (C=O) groups is 3. The zero-order valence-electron chi connectivity index (χ0n) is 12.7. The van der Waals surface area contributed by atoms with E-state index >= 15 is 0 Å². The van der Waals surface area contributed by atoms with Crippen molar-refractivity contribution >= 4 is 29.2 Å². The maximum Gasteiger partial charge on any atom is 0.340 e. The molecule has 6 nitrogen and oxygen atoms in total. The average Bonchev–Trinajstić information content (AvgIpc) is 2.87. The normalized spacial score (nSPS) is 15.0. The van der Waals surface area contributed by atoms with Crippen LogP contribution in [0, 0.1) is 5.92 Å². The van der Waals surface area contributed by atoms with Crippen molar-refractivity contribution in [3.8, 4) is 0 Å². The van der Waals surface area contributed by atoms with Crippen LogP contribution in [0.3, 0.4) is 0 Å². The summed E-state index contributed by atoms with van der Waals surface area (Å²) in [4.78, 5) is 36.3. The lowest BCUT2D eigenvalue weighted by Gasteiger charge is -2.20. The van der Waals surface area contributed by atoms with Crippen molar-refractivity contribution in [2.45, 2.75) is 45.6 Å². The van der Waals surface area contributed by atoms with Gasteiger partial charge < -0.3 is 10.5 Å². The number of esters is 1. The van der Waals surface area contributed by atoms with Crippen LogP contribution in [0.5, 0.6) is 0 Å². The lowest BCUT2D eigenvalue weighted by Crippen LogP contribution is -2.45. The third-order valence-electron chi connectivity index (χ3n) is 3.63. The second-order valence-corrected chi connectivity index (χ2v) is 6.65. The van der Waals surface area contributed by atoms with Gasteiger partial charge in [0.05, 0.1) is 5.56 Å². The molecule has 7 heteroatoms. The molecule has 0 bridgehead atoms. The fourth-order valence-electron chi connectivity index (χ4n) is 2.53. The Bertz CT molecular complexity index is 594. The summed E-state index contributed by atoms with van der Waals surface area (Å²) in [5, 5.41) is 3.76. The number of rotatable bonds is 4. The lowest BCUT2D eigenvalue weighted by atomic mass is 9.96. The molecule has 0 saturated heterocycles.